The SMILES string of the molecule is CCCCCCCCOC(=O)CC(=O)OCC(COC(=O)CCCN(CC)C(C)C)(COC(=O)CC(=O)OCCCCCCCC)COC(=O)CC(CCCCC)CCCCC. The van der Waals surface area contributed by atoms with E-state index in [0.29, 0.717) is 31.8 Å². The van der Waals surface area contributed by atoms with Gasteiger partial charge >= 0.3 is 35.8 Å². The van der Waals surface area contributed by atoms with E-state index in [4.69, 9.17) is 28.4 Å². The summed E-state index contributed by atoms with van der Waals surface area (Å²) < 4.78 is 33.3. The molecule has 13 nitrogen and oxygen atoms in total. The third-order valence-electron chi connectivity index (χ3n) is 11.1. The number of hydrogen-bond donors (Lipinski definition) is 0. The quantitative estimate of drug-likeness (QED) is 0.0247. The Labute approximate surface area is 376 Å². The molecule has 0 rings (SSSR count). The number of carbonyl (C=O) groups excluding carboxylic acids is 6. The summed E-state index contributed by atoms with van der Waals surface area (Å²) in [5.41, 5.74) is -1.55. The molecule has 0 heterocycles. The van der Waals surface area contributed by atoms with Crippen LogP contribution in [0.1, 0.15) is 209 Å². The summed E-state index contributed by atoms with van der Waals surface area (Å²) in [5, 5.41) is 0. The van der Waals surface area contributed by atoms with Crippen molar-refractivity contribution < 1.29 is 57.2 Å². The molecule has 0 saturated carbocycles. The fourth-order valence-corrected chi connectivity index (χ4v) is 7.05. The number of unbranched alkanes of at least 4 members (excludes halogenated alkanes) is 14. The molecule has 13 heteroatoms. The minimum Gasteiger partial charge on any atom is -0.465 e. The van der Waals surface area contributed by atoms with Gasteiger partial charge in [-0.05, 0) is 65.0 Å². The van der Waals surface area contributed by atoms with Crippen LogP contribution in [-0.4, -0.2) is 99.5 Å². The maximum atomic E-state index is 13.5. The highest BCUT2D eigenvalue weighted by Crippen LogP contribution is 2.25. The molecule has 0 aromatic rings. The minimum atomic E-state index is -1.55. The lowest BCUT2D eigenvalue weighted by molar-refractivity contribution is -0.172. The first-order valence-corrected chi connectivity index (χ1v) is 24.5. The van der Waals surface area contributed by atoms with Crippen molar-refractivity contribution in [1.29, 1.82) is 0 Å². The van der Waals surface area contributed by atoms with Gasteiger partial charge in [0.15, 0.2) is 0 Å². The highest BCUT2D eigenvalue weighted by molar-refractivity contribution is 5.91. The Morgan fingerprint density at radius 3 is 1.23 bits per heavy atom. The molecule has 0 atom stereocenters. The maximum Gasteiger partial charge on any atom is 0.317 e. The predicted molar refractivity (Wildman–Crippen MR) is 242 cm³/mol. The van der Waals surface area contributed by atoms with Crippen LogP contribution in [0.5, 0.6) is 0 Å². The molecule has 0 radical (unpaired) electrons. The van der Waals surface area contributed by atoms with E-state index in [1.165, 1.54) is 0 Å². The van der Waals surface area contributed by atoms with Crippen molar-refractivity contribution in [2.45, 2.75) is 215 Å². The van der Waals surface area contributed by atoms with Crippen LogP contribution in [-0.2, 0) is 57.2 Å². The van der Waals surface area contributed by atoms with Gasteiger partial charge in [0.05, 0.1) is 13.2 Å². The van der Waals surface area contributed by atoms with Gasteiger partial charge in [-0.3, -0.25) is 28.8 Å². The zero-order chi connectivity index (χ0) is 46.3. The van der Waals surface area contributed by atoms with Gasteiger partial charge < -0.3 is 33.3 Å². The van der Waals surface area contributed by atoms with Crippen LogP contribution in [0.15, 0.2) is 0 Å². The van der Waals surface area contributed by atoms with E-state index < -0.39 is 80.5 Å². The van der Waals surface area contributed by atoms with Crippen molar-refractivity contribution in [3.63, 3.8) is 0 Å². The summed E-state index contributed by atoms with van der Waals surface area (Å²) in [6, 6.07) is 0.307. The molecule has 0 amide bonds. The monoisotopic (exact) mass is 884 g/mol. The van der Waals surface area contributed by atoms with Gasteiger partial charge in [-0.15, -0.1) is 0 Å². The van der Waals surface area contributed by atoms with Gasteiger partial charge in [0, 0.05) is 18.9 Å². The van der Waals surface area contributed by atoms with Gasteiger partial charge in [0.2, 0.25) is 0 Å². The fraction of sp³-hybridized carbons (Fsp3) is 0.878. The largest absolute Gasteiger partial charge is 0.465 e. The molecule has 0 aromatic heterocycles. The third kappa shape index (κ3) is 33.4. The van der Waals surface area contributed by atoms with E-state index in [0.717, 1.165) is 122 Å². The van der Waals surface area contributed by atoms with Crippen LogP contribution in [0.4, 0.5) is 0 Å². The molecule has 0 aliphatic carbocycles. The molecule has 362 valence electrons. The number of nitrogens with zero attached hydrogens (tertiary/aromatic N) is 1. The van der Waals surface area contributed by atoms with Gasteiger partial charge in [0.1, 0.15) is 44.7 Å². The normalized spacial score (nSPS) is 11.5. The summed E-state index contributed by atoms with van der Waals surface area (Å²) in [4.78, 5) is 80.0. The molecule has 0 unspecified atom stereocenters. The highest BCUT2D eigenvalue weighted by atomic mass is 16.6. The molecule has 62 heavy (non-hydrogen) atoms. The lowest BCUT2D eigenvalue weighted by Gasteiger charge is -2.32. The lowest BCUT2D eigenvalue weighted by Crippen LogP contribution is -2.44. The molecule has 0 fully saturated rings. The van der Waals surface area contributed by atoms with Gasteiger partial charge in [-0.25, -0.2) is 0 Å². The number of hydrogen-bond acceptors (Lipinski definition) is 13. The van der Waals surface area contributed by atoms with Crippen molar-refractivity contribution in [2.24, 2.45) is 11.3 Å². The standard InChI is InChI=1S/C49H89NO12/c1-8-13-17-19-21-25-32-57-45(53)35-47(55)61-39-49(37-59-43(51)30-27-31-50(12-5)41(6)7,38-60-44(52)34-42(28-23-15-10-3)29-24-16-11-4)40-62-48(56)36-46(54)58-33-26-22-20-18-14-9-2/h41-42H,8-40H2,1-7H3. The lowest BCUT2D eigenvalue weighted by atomic mass is 9.91. The first-order valence-electron chi connectivity index (χ1n) is 24.5. The smallest absolute Gasteiger partial charge is 0.317 e. The van der Waals surface area contributed by atoms with Crippen molar-refractivity contribution in [3.05, 3.63) is 0 Å². The van der Waals surface area contributed by atoms with Crippen molar-refractivity contribution in [2.75, 3.05) is 52.7 Å². The molecule has 0 saturated heterocycles. The molecule has 0 aromatic carbocycles. The van der Waals surface area contributed by atoms with Gasteiger partial charge in [-0.2, -0.15) is 0 Å². The minimum absolute atomic E-state index is 0.102. The van der Waals surface area contributed by atoms with Crippen LogP contribution in [0.3, 0.4) is 0 Å². The Morgan fingerprint density at radius 2 is 0.806 bits per heavy atom. The first-order chi connectivity index (χ1) is 29.8. The van der Waals surface area contributed by atoms with E-state index in [1.54, 1.807) is 0 Å². The first kappa shape index (κ1) is 58.8. The summed E-state index contributed by atoms with van der Waals surface area (Å²) in [7, 11) is 0. The van der Waals surface area contributed by atoms with E-state index in [2.05, 4.69) is 53.4 Å². The Balaban J connectivity index is 6.09. The number of rotatable bonds is 42. The highest BCUT2D eigenvalue weighted by Gasteiger charge is 2.38. The average molecular weight is 884 g/mol. The second-order valence-electron chi connectivity index (χ2n) is 17.4. The van der Waals surface area contributed by atoms with Gasteiger partial charge in [-0.1, -0.05) is 137 Å². The number of carbonyl (C=O) groups is 6. The Morgan fingerprint density at radius 1 is 0.435 bits per heavy atom. The van der Waals surface area contributed by atoms with Crippen LogP contribution >= 0.6 is 0 Å². The average Bonchev–Trinajstić information content (AvgIpc) is 3.24. The van der Waals surface area contributed by atoms with E-state index >= 15 is 0 Å². The van der Waals surface area contributed by atoms with E-state index in [-0.39, 0.29) is 32.0 Å². The van der Waals surface area contributed by atoms with E-state index in [9.17, 15) is 28.8 Å². The molecule has 0 aliphatic heterocycles. The van der Waals surface area contributed by atoms with Crippen LogP contribution < -0.4 is 0 Å². The Bertz CT molecular complexity index is 1130. The van der Waals surface area contributed by atoms with Crippen molar-refractivity contribution in [1.82, 2.24) is 4.90 Å². The molecule has 0 N–H and O–H groups in total. The van der Waals surface area contributed by atoms with Crippen LogP contribution in [0, 0.1) is 11.3 Å². The third-order valence-corrected chi connectivity index (χ3v) is 11.1. The van der Waals surface area contributed by atoms with Crippen LogP contribution in [0.2, 0.25) is 0 Å². The molecule has 0 spiro atoms. The molecule has 0 aliphatic rings. The van der Waals surface area contributed by atoms with Crippen LogP contribution in [0.25, 0.3) is 0 Å². The number of esters is 6. The van der Waals surface area contributed by atoms with Crippen molar-refractivity contribution in [3.8, 4) is 0 Å². The summed E-state index contributed by atoms with van der Waals surface area (Å²) in [6.07, 6.45) is 19.7. The van der Waals surface area contributed by atoms with Gasteiger partial charge in [0.25, 0.3) is 0 Å². The predicted octanol–water partition coefficient (Wildman–Crippen LogP) is 10.4. The topological polar surface area (TPSA) is 161 Å². The number of ether oxygens (including phenoxy) is 6. The zero-order valence-electron chi connectivity index (χ0n) is 40.3. The van der Waals surface area contributed by atoms with E-state index in [1.807, 2.05) is 0 Å². The summed E-state index contributed by atoms with van der Waals surface area (Å²) >= 11 is 0. The summed E-state index contributed by atoms with van der Waals surface area (Å²) in [5.74, 6) is -4.14. The van der Waals surface area contributed by atoms with Crippen molar-refractivity contribution >= 4 is 35.8 Å². The zero-order valence-corrected chi connectivity index (χ0v) is 40.3. The Kier molecular flexibility index (Phi) is 37.3. The maximum absolute atomic E-state index is 13.5. The fourth-order valence-electron chi connectivity index (χ4n) is 7.05. The summed E-state index contributed by atoms with van der Waals surface area (Å²) in [6.45, 7) is 14.8. The second kappa shape index (κ2) is 39.4. The second-order valence-corrected chi connectivity index (χ2v) is 17.4. The molecular weight excluding hydrogens is 795 g/mol. The molecular formula is C49H89NO12. The Hall–Kier alpha value is -3.22. The molecule has 0 bridgehead atoms.